The molecule has 6 nitrogen and oxygen atoms in total. The quantitative estimate of drug-likeness (QED) is 0.699. The van der Waals surface area contributed by atoms with E-state index in [4.69, 9.17) is 11.6 Å². The third kappa shape index (κ3) is 5.16. The zero-order chi connectivity index (χ0) is 19.3. The second kappa shape index (κ2) is 9.12. The molecule has 1 aromatic rings. The highest BCUT2D eigenvalue weighted by Crippen LogP contribution is 2.22. The number of nitrogens with zero attached hydrogens (tertiary/aromatic N) is 1. The molecule has 0 radical (unpaired) electrons. The lowest BCUT2D eigenvalue weighted by molar-refractivity contribution is -0.895. The molecule has 1 fully saturated rings. The predicted molar refractivity (Wildman–Crippen MR) is 98.2 cm³/mol. The standard InChI is InChI=1S/C17H25ClFN3O3S/c1-3-13(4-2)20-17(23)12-21-7-9-22(10-8-21)26(24,25)14-5-6-16(19)15(18)11-14/h5-6,11,13H,3-4,7-10,12H2,1-2H3,(H,20,23)/p+1. The Hall–Kier alpha value is -1.22. The molecule has 1 aliphatic heterocycles. The Kier molecular flexibility index (Phi) is 7.40. The van der Waals surface area contributed by atoms with E-state index in [1.165, 1.54) is 10.4 Å². The van der Waals surface area contributed by atoms with Gasteiger partial charge in [0.1, 0.15) is 5.82 Å². The Morgan fingerprint density at radius 1 is 1.31 bits per heavy atom. The number of nitrogens with one attached hydrogen (secondary N) is 2. The highest BCUT2D eigenvalue weighted by Gasteiger charge is 2.31. The molecular formula is C17H26ClFN3O3S+. The van der Waals surface area contributed by atoms with Crippen molar-refractivity contribution in [1.82, 2.24) is 9.62 Å². The first kappa shape index (κ1) is 21.1. The van der Waals surface area contributed by atoms with Gasteiger partial charge in [-0.15, -0.1) is 0 Å². The van der Waals surface area contributed by atoms with Crippen LogP contribution in [0.25, 0.3) is 0 Å². The Labute approximate surface area is 159 Å². The summed E-state index contributed by atoms with van der Waals surface area (Å²) >= 11 is 5.70. The van der Waals surface area contributed by atoms with Crippen LogP contribution in [0.5, 0.6) is 0 Å². The summed E-state index contributed by atoms with van der Waals surface area (Å²) in [6.07, 6.45) is 1.79. The van der Waals surface area contributed by atoms with E-state index in [1.807, 2.05) is 13.8 Å². The molecule has 0 atom stereocenters. The van der Waals surface area contributed by atoms with Crippen molar-refractivity contribution in [2.24, 2.45) is 0 Å². The molecule has 2 rings (SSSR count). The molecule has 2 N–H and O–H groups in total. The minimum Gasteiger partial charge on any atom is -0.349 e. The van der Waals surface area contributed by atoms with Crippen molar-refractivity contribution in [1.29, 1.82) is 0 Å². The van der Waals surface area contributed by atoms with E-state index in [0.29, 0.717) is 32.7 Å². The van der Waals surface area contributed by atoms with Crippen LogP contribution in [0.15, 0.2) is 23.1 Å². The number of hydrogen-bond acceptors (Lipinski definition) is 3. The van der Waals surface area contributed by atoms with Crippen molar-refractivity contribution in [3.8, 4) is 0 Å². The topological polar surface area (TPSA) is 70.9 Å². The Morgan fingerprint density at radius 2 is 1.92 bits per heavy atom. The van der Waals surface area contributed by atoms with Crippen LogP contribution in [0.2, 0.25) is 5.02 Å². The van der Waals surface area contributed by atoms with E-state index < -0.39 is 15.8 Å². The number of benzene rings is 1. The van der Waals surface area contributed by atoms with E-state index >= 15 is 0 Å². The summed E-state index contributed by atoms with van der Waals surface area (Å²) in [7, 11) is -3.71. The average Bonchev–Trinajstić information content (AvgIpc) is 2.62. The summed E-state index contributed by atoms with van der Waals surface area (Å²) in [6, 6.07) is 3.60. The first-order chi connectivity index (χ1) is 12.3. The fraction of sp³-hybridized carbons (Fsp3) is 0.588. The zero-order valence-electron chi connectivity index (χ0n) is 15.1. The molecule has 1 heterocycles. The molecule has 146 valence electrons. The van der Waals surface area contributed by atoms with Gasteiger partial charge in [-0.3, -0.25) is 4.79 Å². The minimum atomic E-state index is -3.71. The third-order valence-electron chi connectivity index (χ3n) is 4.72. The van der Waals surface area contributed by atoms with E-state index in [0.717, 1.165) is 29.9 Å². The molecule has 0 unspecified atom stereocenters. The highest BCUT2D eigenvalue weighted by atomic mass is 35.5. The van der Waals surface area contributed by atoms with E-state index in [-0.39, 0.29) is 21.9 Å². The van der Waals surface area contributed by atoms with Gasteiger partial charge in [-0.2, -0.15) is 4.31 Å². The fourth-order valence-electron chi connectivity index (χ4n) is 3.00. The second-order valence-corrected chi connectivity index (χ2v) is 8.83. The number of quaternary nitrogens is 1. The maximum absolute atomic E-state index is 13.3. The molecule has 9 heteroatoms. The van der Waals surface area contributed by atoms with Crippen LogP contribution in [0, 0.1) is 5.82 Å². The van der Waals surface area contributed by atoms with Crippen LogP contribution < -0.4 is 10.2 Å². The van der Waals surface area contributed by atoms with Gasteiger partial charge >= 0.3 is 0 Å². The van der Waals surface area contributed by atoms with Crippen LogP contribution >= 0.6 is 11.6 Å². The first-order valence-electron chi connectivity index (χ1n) is 8.86. The summed E-state index contributed by atoms with van der Waals surface area (Å²) in [5, 5.41) is 2.79. The van der Waals surface area contributed by atoms with Crippen molar-refractivity contribution < 1.29 is 22.5 Å². The molecule has 0 aliphatic carbocycles. The number of rotatable bonds is 7. The molecule has 0 bridgehead atoms. The highest BCUT2D eigenvalue weighted by molar-refractivity contribution is 7.89. The van der Waals surface area contributed by atoms with Crippen LogP contribution in [-0.2, 0) is 14.8 Å². The van der Waals surface area contributed by atoms with Gasteiger partial charge in [0.2, 0.25) is 10.0 Å². The van der Waals surface area contributed by atoms with Gasteiger partial charge in [0.05, 0.1) is 36.1 Å². The number of amides is 1. The molecule has 1 saturated heterocycles. The Bertz CT molecular complexity index is 733. The maximum Gasteiger partial charge on any atom is 0.275 e. The number of halogens is 2. The number of carbonyl (C=O) groups excluding carboxylic acids is 1. The van der Waals surface area contributed by atoms with Gasteiger partial charge in [-0.05, 0) is 31.0 Å². The number of piperazine rings is 1. The smallest absolute Gasteiger partial charge is 0.275 e. The van der Waals surface area contributed by atoms with Gasteiger partial charge in [-0.25, -0.2) is 12.8 Å². The van der Waals surface area contributed by atoms with E-state index in [1.54, 1.807) is 0 Å². The summed E-state index contributed by atoms with van der Waals surface area (Å²) < 4.78 is 39.9. The second-order valence-electron chi connectivity index (χ2n) is 6.49. The minimum absolute atomic E-state index is 0.00433. The lowest BCUT2D eigenvalue weighted by atomic mass is 10.2. The van der Waals surface area contributed by atoms with Crippen LogP contribution in [0.1, 0.15) is 26.7 Å². The zero-order valence-corrected chi connectivity index (χ0v) is 16.7. The average molecular weight is 407 g/mol. The summed E-state index contributed by atoms with van der Waals surface area (Å²) in [5.41, 5.74) is 0. The largest absolute Gasteiger partial charge is 0.349 e. The first-order valence-corrected chi connectivity index (χ1v) is 10.7. The summed E-state index contributed by atoms with van der Waals surface area (Å²) in [6.45, 7) is 6.12. The van der Waals surface area contributed by atoms with Gasteiger partial charge < -0.3 is 10.2 Å². The molecule has 1 aromatic carbocycles. The molecule has 1 aliphatic rings. The predicted octanol–water partition coefficient (Wildman–Crippen LogP) is 0.673. The lowest BCUT2D eigenvalue weighted by Gasteiger charge is -2.31. The van der Waals surface area contributed by atoms with Crippen LogP contribution in [-0.4, -0.2) is 57.4 Å². The monoisotopic (exact) mass is 406 g/mol. The summed E-state index contributed by atoms with van der Waals surface area (Å²) in [4.78, 5) is 13.1. The maximum atomic E-state index is 13.3. The Morgan fingerprint density at radius 3 is 2.46 bits per heavy atom. The van der Waals surface area contributed by atoms with Crippen molar-refractivity contribution >= 4 is 27.5 Å². The SMILES string of the molecule is CCC(CC)NC(=O)C[NH+]1CCN(S(=O)(=O)c2ccc(F)c(Cl)c2)CC1. The lowest BCUT2D eigenvalue weighted by Crippen LogP contribution is -3.15. The van der Waals surface area contributed by atoms with E-state index in [9.17, 15) is 17.6 Å². The summed E-state index contributed by atoms with van der Waals surface area (Å²) in [5.74, 6) is -0.654. The third-order valence-corrected chi connectivity index (χ3v) is 6.90. The van der Waals surface area contributed by atoms with E-state index in [2.05, 4.69) is 5.32 Å². The molecule has 26 heavy (non-hydrogen) atoms. The molecule has 1 amide bonds. The normalized spacial score (nSPS) is 16.8. The number of hydrogen-bond donors (Lipinski definition) is 2. The molecule has 0 saturated carbocycles. The van der Waals surface area contributed by atoms with Gasteiger partial charge in [0.15, 0.2) is 6.54 Å². The number of carbonyl (C=O) groups is 1. The van der Waals surface area contributed by atoms with Gasteiger partial charge in [0, 0.05) is 6.04 Å². The van der Waals surface area contributed by atoms with Crippen molar-refractivity contribution in [3.63, 3.8) is 0 Å². The Balaban J connectivity index is 1.93. The number of sulfonamides is 1. The van der Waals surface area contributed by atoms with Crippen LogP contribution in [0.3, 0.4) is 0 Å². The van der Waals surface area contributed by atoms with Crippen molar-refractivity contribution in [2.45, 2.75) is 37.6 Å². The molecule has 0 spiro atoms. The van der Waals surface area contributed by atoms with Crippen molar-refractivity contribution in [3.05, 3.63) is 29.0 Å². The molecule has 0 aromatic heterocycles. The molecular weight excluding hydrogens is 381 g/mol. The fourth-order valence-corrected chi connectivity index (χ4v) is 4.72. The van der Waals surface area contributed by atoms with Gasteiger partial charge in [-0.1, -0.05) is 25.4 Å². The van der Waals surface area contributed by atoms with Crippen molar-refractivity contribution in [2.75, 3.05) is 32.7 Å². The van der Waals surface area contributed by atoms with Crippen LogP contribution in [0.4, 0.5) is 4.39 Å². The van der Waals surface area contributed by atoms with Gasteiger partial charge in [0.25, 0.3) is 5.91 Å².